The minimum Gasteiger partial charge on any atom is -0.505 e. The Kier molecular flexibility index (Phi) is 3.34. The lowest BCUT2D eigenvalue weighted by molar-refractivity contribution is 0.0697. The predicted molar refractivity (Wildman–Crippen MR) is 77.2 cm³/mol. The van der Waals surface area contributed by atoms with E-state index < -0.39 is 11.9 Å². The van der Waals surface area contributed by atoms with Gasteiger partial charge in [-0.15, -0.1) is 11.3 Å². The van der Waals surface area contributed by atoms with E-state index in [0.29, 0.717) is 5.00 Å². The first kappa shape index (κ1) is 13.6. The average molecular weight is 304 g/mol. The number of carboxylic acid groups (broad SMARTS) is 1. The minimum absolute atomic E-state index is 0.0647. The van der Waals surface area contributed by atoms with E-state index in [2.05, 4.69) is 10.3 Å². The highest BCUT2D eigenvalue weighted by atomic mass is 32.1. The highest BCUT2D eigenvalue weighted by molar-refractivity contribution is 7.17. The predicted octanol–water partition coefficient (Wildman–Crippen LogP) is 2.29. The number of carbonyl (C=O) groups excluding carboxylic acids is 1. The number of anilines is 1. The van der Waals surface area contributed by atoms with E-state index in [9.17, 15) is 19.8 Å². The molecule has 21 heavy (non-hydrogen) atoms. The molecule has 6 nitrogen and oxygen atoms in total. The molecule has 2 aromatic heterocycles. The molecular weight excluding hydrogens is 292 g/mol. The van der Waals surface area contributed by atoms with Crippen LogP contribution < -0.4 is 5.32 Å². The standard InChI is InChI=1S/C14H12N2O4S/c17-9-6-15-5-4-7(9)12(18)16-13-11(14(19)20)8-2-1-3-10(8)21-13/h4-6,17H,1-3H2,(H,16,18)(H,19,20). The molecule has 0 spiro atoms. The minimum atomic E-state index is -1.04. The quantitative estimate of drug-likeness (QED) is 0.808. The van der Waals surface area contributed by atoms with Gasteiger partial charge in [-0.05, 0) is 30.9 Å². The first-order valence-electron chi connectivity index (χ1n) is 6.40. The molecule has 0 bridgehead atoms. The number of aromatic nitrogens is 1. The van der Waals surface area contributed by atoms with Crippen molar-refractivity contribution in [2.45, 2.75) is 19.3 Å². The van der Waals surface area contributed by atoms with Crippen LogP contribution in [0.25, 0.3) is 0 Å². The Morgan fingerprint density at radius 3 is 2.86 bits per heavy atom. The van der Waals surface area contributed by atoms with Gasteiger partial charge in [-0.3, -0.25) is 9.78 Å². The zero-order chi connectivity index (χ0) is 15.0. The van der Waals surface area contributed by atoms with Crippen LogP contribution in [0.15, 0.2) is 18.5 Å². The number of fused-ring (bicyclic) bond motifs is 1. The molecule has 0 radical (unpaired) electrons. The third-order valence-corrected chi connectivity index (χ3v) is 4.61. The van der Waals surface area contributed by atoms with Crippen LogP contribution in [0.5, 0.6) is 5.75 Å². The number of nitrogens with zero attached hydrogens (tertiary/aromatic N) is 1. The summed E-state index contributed by atoms with van der Waals surface area (Å²) >= 11 is 1.30. The number of aromatic hydroxyl groups is 1. The summed E-state index contributed by atoms with van der Waals surface area (Å²) in [6, 6.07) is 1.38. The van der Waals surface area contributed by atoms with Crippen molar-refractivity contribution >= 4 is 28.2 Å². The normalized spacial score (nSPS) is 13.0. The third-order valence-electron chi connectivity index (χ3n) is 3.41. The number of nitrogens with one attached hydrogen (secondary N) is 1. The fraction of sp³-hybridized carbons (Fsp3) is 0.214. The summed E-state index contributed by atoms with van der Waals surface area (Å²) < 4.78 is 0. The Balaban J connectivity index is 1.94. The van der Waals surface area contributed by atoms with Gasteiger partial charge in [0, 0.05) is 11.1 Å². The number of aryl methyl sites for hydroxylation is 1. The summed E-state index contributed by atoms with van der Waals surface area (Å²) in [5.74, 6) is -1.82. The van der Waals surface area contributed by atoms with Crippen molar-refractivity contribution in [3.05, 3.63) is 40.0 Å². The van der Waals surface area contributed by atoms with Crippen molar-refractivity contribution in [2.75, 3.05) is 5.32 Å². The molecule has 3 N–H and O–H groups in total. The van der Waals surface area contributed by atoms with E-state index in [0.717, 1.165) is 29.7 Å². The second kappa shape index (κ2) is 5.17. The molecular formula is C14H12N2O4S. The van der Waals surface area contributed by atoms with E-state index >= 15 is 0 Å². The maximum atomic E-state index is 12.2. The van der Waals surface area contributed by atoms with Crippen molar-refractivity contribution in [2.24, 2.45) is 0 Å². The molecule has 108 valence electrons. The van der Waals surface area contributed by atoms with E-state index in [-0.39, 0.29) is 16.9 Å². The fourth-order valence-corrected chi connectivity index (χ4v) is 3.74. The largest absolute Gasteiger partial charge is 0.505 e. The second-order valence-corrected chi connectivity index (χ2v) is 5.82. The summed E-state index contributed by atoms with van der Waals surface area (Å²) in [4.78, 5) is 28.3. The first-order chi connectivity index (χ1) is 10.1. The van der Waals surface area contributed by atoms with Crippen LogP contribution in [0.4, 0.5) is 5.00 Å². The van der Waals surface area contributed by atoms with Crippen molar-refractivity contribution in [1.82, 2.24) is 4.98 Å². The molecule has 2 aromatic rings. The molecule has 0 fully saturated rings. The van der Waals surface area contributed by atoms with E-state index in [1.165, 1.54) is 29.8 Å². The molecule has 1 aliphatic carbocycles. The number of hydrogen-bond acceptors (Lipinski definition) is 5. The summed E-state index contributed by atoms with van der Waals surface area (Å²) in [6.07, 6.45) is 5.07. The summed E-state index contributed by atoms with van der Waals surface area (Å²) in [7, 11) is 0. The van der Waals surface area contributed by atoms with Crippen LogP contribution in [-0.4, -0.2) is 27.1 Å². The number of amides is 1. The molecule has 0 saturated heterocycles. The molecule has 7 heteroatoms. The number of pyridine rings is 1. The summed E-state index contributed by atoms with van der Waals surface area (Å²) in [5, 5.41) is 21.9. The molecule has 1 amide bonds. The Morgan fingerprint density at radius 1 is 1.33 bits per heavy atom. The van der Waals surface area contributed by atoms with Crippen LogP contribution >= 0.6 is 11.3 Å². The molecule has 0 aliphatic heterocycles. The highest BCUT2D eigenvalue weighted by Crippen LogP contribution is 2.39. The van der Waals surface area contributed by atoms with Crippen LogP contribution in [0.2, 0.25) is 0 Å². The zero-order valence-corrected chi connectivity index (χ0v) is 11.7. The SMILES string of the molecule is O=C(Nc1sc2c(c1C(=O)O)CCC2)c1ccncc1O. The molecule has 0 saturated carbocycles. The van der Waals surface area contributed by atoms with Gasteiger partial charge < -0.3 is 15.5 Å². The molecule has 1 aliphatic rings. The number of rotatable bonds is 3. The topological polar surface area (TPSA) is 99.5 Å². The first-order valence-corrected chi connectivity index (χ1v) is 7.21. The molecule has 0 aromatic carbocycles. The lowest BCUT2D eigenvalue weighted by Crippen LogP contribution is -2.14. The van der Waals surface area contributed by atoms with Gasteiger partial charge in [-0.1, -0.05) is 0 Å². The highest BCUT2D eigenvalue weighted by Gasteiger charge is 2.27. The van der Waals surface area contributed by atoms with Crippen molar-refractivity contribution < 1.29 is 19.8 Å². The van der Waals surface area contributed by atoms with Gasteiger partial charge in [0.2, 0.25) is 0 Å². The number of carboxylic acids is 1. The smallest absolute Gasteiger partial charge is 0.339 e. The van der Waals surface area contributed by atoms with Crippen molar-refractivity contribution in [1.29, 1.82) is 0 Å². The van der Waals surface area contributed by atoms with Crippen LogP contribution in [-0.2, 0) is 12.8 Å². The molecule has 0 atom stereocenters. The van der Waals surface area contributed by atoms with Gasteiger partial charge in [0.05, 0.1) is 17.3 Å². The van der Waals surface area contributed by atoms with Crippen LogP contribution in [0.3, 0.4) is 0 Å². The number of thiophene rings is 1. The summed E-state index contributed by atoms with van der Waals surface area (Å²) in [6.45, 7) is 0. The molecule has 3 rings (SSSR count). The number of hydrogen-bond donors (Lipinski definition) is 3. The lowest BCUT2D eigenvalue weighted by atomic mass is 10.1. The monoisotopic (exact) mass is 304 g/mol. The van der Waals surface area contributed by atoms with Gasteiger partial charge in [-0.2, -0.15) is 0 Å². The second-order valence-electron chi connectivity index (χ2n) is 4.71. The maximum Gasteiger partial charge on any atom is 0.339 e. The molecule has 2 heterocycles. The van der Waals surface area contributed by atoms with Gasteiger partial charge in [0.15, 0.2) is 0 Å². The summed E-state index contributed by atoms with van der Waals surface area (Å²) in [5.41, 5.74) is 1.06. The fourth-order valence-electron chi connectivity index (χ4n) is 2.47. The third kappa shape index (κ3) is 2.36. The Labute approximate surface area is 124 Å². The van der Waals surface area contributed by atoms with Gasteiger partial charge >= 0.3 is 5.97 Å². The van der Waals surface area contributed by atoms with Crippen LogP contribution in [0, 0.1) is 0 Å². The zero-order valence-electron chi connectivity index (χ0n) is 10.9. The lowest BCUT2D eigenvalue weighted by Gasteiger charge is -2.06. The molecule has 0 unspecified atom stereocenters. The maximum absolute atomic E-state index is 12.2. The van der Waals surface area contributed by atoms with Gasteiger partial charge in [0.25, 0.3) is 5.91 Å². The number of carbonyl (C=O) groups is 2. The van der Waals surface area contributed by atoms with Crippen LogP contribution in [0.1, 0.15) is 37.6 Å². The van der Waals surface area contributed by atoms with E-state index in [1.807, 2.05) is 0 Å². The van der Waals surface area contributed by atoms with Crippen molar-refractivity contribution in [3.8, 4) is 5.75 Å². The van der Waals surface area contributed by atoms with E-state index in [4.69, 9.17) is 0 Å². The Hall–Kier alpha value is -2.41. The van der Waals surface area contributed by atoms with Gasteiger partial charge in [0.1, 0.15) is 10.8 Å². The average Bonchev–Trinajstić information content (AvgIpc) is 2.98. The van der Waals surface area contributed by atoms with Gasteiger partial charge in [-0.25, -0.2) is 4.79 Å². The van der Waals surface area contributed by atoms with Crippen molar-refractivity contribution in [3.63, 3.8) is 0 Å². The van der Waals surface area contributed by atoms with E-state index in [1.54, 1.807) is 0 Å². The Bertz CT molecular complexity index is 739. The Morgan fingerprint density at radius 2 is 2.14 bits per heavy atom. The number of aromatic carboxylic acids is 1.